The highest BCUT2D eigenvalue weighted by molar-refractivity contribution is 5.61. The molecule has 7 heteroatoms. The molecular formula is C20H21N5O2. The van der Waals surface area contributed by atoms with E-state index in [0.717, 1.165) is 47.7 Å². The predicted molar refractivity (Wildman–Crippen MR) is 101 cm³/mol. The van der Waals surface area contributed by atoms with Gasteiger partial charge in [-0.25, -0.2) is 9.97 Å². The van der Waals surface area contributed by atoms with Gasteiger partial charge in [-0.3, -0.25) is 9.97 Å². The standard InChI is InChI=1S/C20H21N5O2/c1-26-17-6-3-2-5-14(17)11-23-20-24-12-15(16-13-21-8-9-22-16)19(25-20)18-7-4-10-27-18/h2-3,5-6,8-9,12-13,18H,4,7,10-11H2,1H3,(H,23,24,25). The van der Waals surface area contributed by atoms with Crippen molar-refractivity contribution in [2.45, 2.75) is 25.5 Å². The minimum absolute atomic E-state index is 0.0446. The number of hydrogen-bond acceptors (Lipinski definition) is 7. The number of rotatable bonds is 6. The van der Waals surface area contributed by atoms with Crippen molar-refractivity contribution < 1.29 is 9.47 Å². The second-order valence-electron chi connectivity index (χ2n) is 6.25. The normalized spacial score (nSPS) is 16.3. The number of hydrogen-bond donors (Lipinski definition) is 1. The van der Waals surface area contributed by atoms with Crippen LogP contribution in [0.2, 0.25) is 0 Å². The quantitative estimate of drug-likeness (QED) is 0.718. The molecule has 1 N–H and O–H groups in total. The molecule has 3 aromatic rings. The number of aromatic nitrogens is 4. The Morgan fingerprint density at radius 3 is 2.89 bits per heavy atom. The van der Waals surface area contributed by atoms with E-state index in [1.807, 2.05) is 24.3 Å². The van der Waals surface area contributed by atoms with E-state index in [1.54, 1.807) is 31.9 Å². The Kier molecular flexibility index (Phi) is 5.20. The van der Waals surface area contributed by atoms with Gasteiger partial charge >= 0.3 is 0 Å². The van der Waals surface area contributed by atoms with Gasteiger partial charge in [0.05, 0.1) is 24.7 Å². The number of para-hydroxylation sites is 1. The van der Waals surface area contributed by atoms with Gasteiger partial charge in [-0.15, -0.1) is 0 Å². The third-order valence-corrected chi connectivity index (χ3v) is 4.52. The van der Waals surface area contributed by atoms with Crippen LogP contribution < -0.4 is 10.1 Å². The van der Waals surface area contributed by atoms with Crippen molar-refractivity contribution in [2.75, 3.05) is 19.0 Å². The van der Waals surface area contributed by atoms with E-state index < -0.39 is 0 Å². The SMILES string of the molecule is COc1ccccc1CNc1ncc(-c2cnccn2)c(C2CCCO2)n1. The number of nitrogens with one attached hydrogen (secondary N) is 1. The molecule has 7 nitrogen and oxygen atoms in total. The summed E-state index contributed by atoms with van der Waals surface area (Å²) in [5.41, 5.74) is 3.50. The first kappa shape index (κ1) is 17.4. The summed E-state index contributed by atoms with van der Waals surface area (Å²) in [6, 6.07) is 7.88. The van der Waals surface area contributed by atoms with Crippen LogP contribution in [0, 0.1) is 0 Å². The number of anilines is 1. The molecule has 0 aliphatic carbocycles. The lowest BCUT2D eigenvalue weighted by molar-refractivity contribution is 0.109. The second-order valence-corrected chi connectivity index (χ2v) is 6.25. The monoisotopic (exact) mass is 363 g/mol. The fraction of sp³-hybridized carbons (Fsp3) is 0.300. The van der Waals surface area contributed by atoms with Crippen LogP contribution in [0.15, 0.2) is 49.1 Å². The summed E-state index contributed by atoms with van der Waals surface area (Å²) >= 11 is 0. The van der Waals surface area contributed by atoms with E-state index in [2.05, 4.69) is 20.3 Å². The summed E-state index contributed by atoms with van der Waals surface area (Å²) in [7, 11) is 1.67. The predicted octanol–water partition coefficient (Wildman–Crippen LogP) is 3.41. The third kappa shape index (κ3) is 3.88. The van der Waals surface area contributed by atoms with Gasteiger partial charge in [-0.1, -0.05) is 18.2 Å². The van der Waals surface area contributed by atoms with Gasteiger partial charge in [0.1, 0.15) is 11.9 Å². The lowest BCUT2D eigenvalue weighted by Crippen LogP contribution is -2.10. The third-order valence-electron chi connectivity index (χ3n) is 4.52. The van der Waals surface area contributed by atoms with Gasteiger partial charge in [0.25, 0.3) is 0 Å². The largest absolute Gasteiger partial charge is 0.496 e. The van der Waals surface area contributed by atoms with E-state index in [1.165, 1.54) is 0 Å². The maximum atomic E-state index is 5.87. The Morgan fingerprint density at radius 1 is 1.19 bits per heavy atom. The first-order valence-corrected chi connectivity index (χ1v) is 8.96. The molecule has 0 saturated carbocycles. The molecule has 4 rings (SSSR count). The highest BCUT2D eigenvalue weighted by Crippen LogP contribution is 2.33. The van der Waals surface area contributed by atoms with Gasteiger partial charge in [0.2, 0.25) is 5.95 Å². The molecule has 1 aliphatic heterocycles. The molecule has 1 aliphatic rings. The minimum atomic E-state index is -0.0446. The fourth-order valence-corrected chi connectivity index (χ4v) is 3.18. The summed E-state index contributed by atoms with van der Waals surface area (Å²) in [5, 5.41) is 3.28. The lowest BCUT2D eigenvalue weighted by atomic mass is 10.1. The van der Waals surface area contributed by atoms with Crippen molar-refractivity contribution >= 4 is 5.95 Å². The topological polar surface area (TPSA) is 82.0 Å². The zero-order valence-electron chi connectivity index (χ0n) is 15.1. The zero-order valence-corrected chi connectivity index (χ0v) is 15.1. The Morgan fingerprint density at radius 2 is 2.11 bits per heavy atom. The van der Waals surface area contributed by atoms with Crippen molar-refractivity contribution in [2.24, 2.45) is 0 Å². The van der Waals surface area contributed by atoms with Crippen molar-refractivity contribution in [3.63, 3.8) is 0 Å². The molecule has 1 saturated heterocycles. The van der Waals surface area contributed by atoms with Crippen LogP contribution >= 0.6 is 0 Å². The Labute approximate surface area is 157 Å². The molecule has 1 unspecified atom stereocenters. The Bertz CT molecular complexity index is 898. The summed E-state index contributed by atoms with van der Waals surface area (Å²) in [4.78, 5) is 17.8. The van der Waals surface area contributed by atoms with E-state index in [9.17, 15) is 0 Å². The van der Waals surface area contributed by atoms with Gasteiger partial charge in [0, 0.05) is 42.9 Å². The van der Waals surface area contributed by atoms with Gasteiger partial charge in [0.15, 0.2) is 0 Å². The summed E-state index contributed by atoms with van der Waals surface area (Å²) in [6.07, 6.45) is 8.76. The van der Waals surface area contributed by atoms with Crippen molar-refractivity contribution in [1.29, 1.82) is 0 Å². The minimum Gasteiger partial charge on any atom is -0.496 e. The first-order chi connectivity index (χ1) is 13.3. The molecular weight excluding hydrogens is 342 g/mol. The van der Waals surface area contributed by atoms with Crippen LogP contribution in [0.5, 0.6) is 5.75 Å². The lowest BCUT2D eigenvalue weighted by Gasteiger charge is -2.15. The van der Waals surface area contributed by atoms with E-state index in [-0.39, 0.29) is 6.10 Å². The molecule has 138 valence electrons. The molecule has 1 aromatic carbocycles. The first-order valence-electron chi connectivity index (χ1n) is 8.96. The zero-order chi connectivity index (χ0) is 18.5. The fourth-order valence-electron chi connectivity index (χ4n) is 3.18. The Hall–Kier alpha value is -3.06. The highest BCUT2D eigenvalue weighted by Gasteiger charge is 2.24. The highest BCUT2D eigenvalue weighted by atomic mass is 16.5. The van der Waals surface area contributed by atoms with Gasteiger partial charge in [-0.05, 0) is 18.9 Å². The average Bonchev–Trinajstić information content (AvgIpc) is 3.28. The molecule has 0 spiro atoms. The van der Waals surface area contributed by atoms with E-state index >= 15 is 0 Å². The Balaban J connectivity index is 1.61. The van der Waals surface area contributed by atoms with Crippen LogP contribution in [0.25, 0.3) is 11.3 Å². The smallest absolute Gasteiger partial charge is 0.223 e. The molecule has 1 atom stereocenters. The number of nitrogens with zero attached hydrogens (tertiary/aromatic N) is 4. The molecule has 27 heavy (non-hydrogen) atoms. The van der Waals surface area contributed by atoms with Crippen LogP contribution in [0.4, 0.5) is 5.95 Å². The number of methoxy groups -OCH3 is 1. The van der Waals surface area contributed by atoms with Crippen LogP contribution in [0.1, 0.15) is 30.2 Å². The van der Waals surface area contributed by atoms with Crippen LogP contribution in [-0.2, 0) is 11.3 Å². The van der Waals surface area contributed by atoms with Gasteiger partial charge in [-0.2, -0.15) is 0 Å². The maximum Gasteiger partial charge on any atom is 0.223 e. The van der Waals surface area contributed by atoms with Crippen LogP contribution in [0.3, 0.4) is 0 Å². The van der Waals surface area contributed by atoms with Gasteiger partial charge < -0.3 is 14.8 Å². The summed E-state index contributed by atoms with van der Waals surface area (Å²) in [6.45, 7) is 1.32. The van der Waals surface area contributed by atoms with E-state index in [0.29, 0.717) is 12.5 Å². The number of ether oxygens (including phenoxy) is 2. The molecule has 0 radical (unpaired) electrons. The van der Waals surface area contributed by atoms with Crippen molar-refractivity contribution in [1.82, 2.24) is 19.9 Å². The molecule has 2 aromatic heterocycles. The average molecular weight is 363 g/mol. The maximum absolute atomic E-state index is 5.87. The van der Waals surface area contributed by atoms with E-state index in [4.69, 9.17) is 14.5 Å². The molecule has 3 heterocycles. The second kappa shape index (κ2) is 8.09. The number of benzene rings is 1. The molecule has 0 bridgehead atoms. The summed E-state index contributed by atoms with van der Waals surface area (Å²) in [5.74, 6) is 1.39. The van der Waals surface area contributed by atoms with Crippen LogP contribution in [-0.4, -0.2) is 33.7 Å². The van der Waals surface area contributed by atoms with Crippen molar-refractivity contribution in [3.05, 3.63) is 60.3 Å². The van der Waals surface area contributed by atoms with Crippen molar-refractivity contribution in [3.8, 4) is 17.0 Å². The summed E-state index contributed by atoms with van der Waals surface area (Å²) < 4.78 is 11.3. The molecule has 0 amide bonds. The molecule has 1 fully saturated rings.